The van der Waals surface area contributed by atoms with E-state index in [-0.39, 0.29) is 78.3 Å². The van der Waals surface area contributed by atoms with Crippen LogP contribution in [0.2, 0.25) is 0 Å². The second-order valence-electron chi connectivity index (χ2n) is 19.4. The predicted octanol–water partition coefficient (Wildman–Crippen LogP) is 8.95. The molecule has 7 atom stereocenters. The highest BCUT2D eigenvalue weighted by molar-refractivity contribution is 5.90. The van der Waals surface area contributed by atoms with Crippen molar-refractivity contribution in [3.63, 3.8) is 0 Å². The van der Waals surface area contributed by atoms with Gasteiger partial charge in [-0.15, -0.1) is 0 Å². The van der Waals surface area contributed by atoms with Crippen molar-refractivity contribution in [2.24, 2.45) is 5.92 Å². The number of fused-ring (bicyclic) bond motifs is 9. The Balaban J connectivity index is 1.19. The highest BCUT2D eigenvalue weighted by atomic mass is 16.6. The minimum Gasteiger partial charge on any atom is -0.482 e. The molecule has 5 bridgehead atoms. The van der Waals surface area contributed by atoms with Crippen LogP contribution < -0.4 is 10.4 Å². The molecule has 0 radical (unpaired) electrons. The molecule has 9 rings (SSSR count). The molecule has 1 fully saturated rings. The van der Waals surface area contributed by atoms with Crippen LogP contribution in [0.15, 0.2) is 105 Å². The lowest BCUT2D eigenvalue weighted by Gasteiger charge is -2.45. The molecule has 0 saturated heterocycles. The maximum Gasteiger partial charge on any atom is 0.340 e. The first kappa shape index (κ1) is 47.1. The quantitative estimate of drug-likeness (QED) is 0.0403. The number of ether oxygens (including phenoxy) is 4. The number of benzene rings is 4. The summed E-state index contributed by atoms with van der Waals surface area (Å²) in [5, 5.41) is 30.7. The van der Waals surface area contributed by atoms with Crippen LogP contribution in [0, 0.1) is 17.8 Å². The lowest BCUT2D eigenvalue weighted by molar-refractivity contribution is -0.190. The van der Waals surface area contributed by atoms with Crippen molar-refractivity contribution >= 4 is 22.9 Å². The van der Waals surface area contributed by atoms with Crippen LogP contribution in [0.3, 0.4) is 0 Å². The van der Waals surface area contributed by atoms with Gasteiger partial charge in [0.05, 0.1) is 25.2 Å². The minimum absolute atomic E-state index is 0.00578. The summed E-state index contributed by atoms with van der Waals surface area (Å²) in [6.45, 7) is 3.95. The summed E-state index contributed by atoms with van der Waals surface area (Å²) in [5.74, 6) is 5.37. The smallest absolute Gasteiger partial charge is 0.340 e. The molecule has 11 nitrogen and oxygen atoms in total. The molecule has 1 aromatic heterocycles. The van der Waals surface area contributed by atoms with E-state index in [2.05, 4.69) is 78.6 Å². The maximum atomic E-state index is 15.1. The van der Waals surface area contributed by atoms with Gasteiger partial charge in [0, 0.05) is 41.9 Å². The molecule has 5 aromatic rings. The Hall–Kier alpha value is -6.03. The summed E-state index contributed by atoms with van der Waals surface area (Å²) in [4.78, 5) is 43.9. The number of aliphatic hydroxyl groups excluding tert-OH is 3. The fraction of sp³-hybridized carbons (Fsp3) is 0.421. The largest absolute Gasteiger partial charge is 0.482 e. The molecular formula is C57H60O11. The summed E-state index contributed by atoms with van der Waals surface area (Å²) in [7, 11) is 0. The number of rotatable bonds is 10. The van der Waals surface area contributed by atoms with Crippen LogP contribution in [0.25, 0.3) is 11.0 Å². The van der Waals surface area contributed by atoms with Crippen molar-refractivity contribution in [3.8, 4) is 17.6 Å². The fourth-order valence-electron chi connectivity index (χ4n) is 11.3. The summed E-state index contributed by atoms with van der Waals surface area (Å²) in [5.41, 5.74) is 6.75. The van der Waals surface area contributed by atoms with Gasteiger partial charge in [-0.1, -0.05) is 90.2 Å². The van der Waals surface area contributed by atoms with Gasteiger partial charge in [-0.25, -0.2) is 9.59 Å². The van der Waals surface area contributed by atoms with E-state index in [1.165, 1.54) is 22.3 Å². The Labute approximate surface area is 397 Å². The zero-order chi connectivity index (χ0) is 47.5. The van der Waals surface area contributed by atoms with Crippen LogP contribution in [-0.4, -0.2) is 59.0 Å². The maximum absolute atomic E-state index is 15.1. The van der Waals surface area contributed by atoms with Crippen molar-refractivity contribution in [2.45, 2.75) is 127 Å². The number of aliphatic hydroxyl groups is 3. The van der Waals surface area contributed by atoms with Gasteiger partial charge in [-0.3, -0.25) is 4.79 Å². The van der Waals surface area contributed by atoms with Crippen molar-refractivity contribution in [2.75, 3.05) is 20.0 Å². The van der Waals surface area contributed by atoms with Crippen LogP contribution >= 0.6 is 0 Å². The molecule has 7 unspecified atom stereocenters. The number of esters is 2. The highest BCUT2D eigenvalue weighted by Crippen LogP contribution is 2.51. The van der Waals surface area contributed by atoms with Crippen LogP contribution in [0.5, 0.6) is 5.75 Å². The molecule has 3 N–H and O–H groups in total. The van der Waals surface area contributed by atoms with Gasteiger partial charge in [0.25, 0.3) is 0 Å². The van der Waals surface area contributed by atoms with Crippen LogP contribution in [0.4, 0.5) is 0 Å². The molecule has 3 aliphatic heterocycles. The number of aryl methyl sites for hydroxylation is 1. The average molecular weight is 921 g/mol. The number of hydrogen-bond acceptors (Lipinski definition) is 11. The lowest BCUT2D eigenvalue weighted by atomic mass is 9.67. The third kappa shape index (κ3) is 9.52. The molecule has 1 aliphatic carbocycles. The van der Waals surface area contributed by atoms with Crippen molar-refractivity contribution < 1.29 is 48.3 Å². The van der Waals surface area contributed by atoms with Gasteiger partial charge in [-0.05, 0) is 135 Å². The monoisotopic (exact) mass is 920 g/mol. The molecule has 68 heavy (non-hydrogen) atoms. The molecule has 4 aliphatic rings. The molecule has 0 amide bonds. The third-order valence-electron chi connectivity index (χ3n) is 14.7. The van der Waals surface area contributed by atoms with E-state index in [1.807, 2.05) is 19.9 Å². The van der Waals surface area contributed by atoms with Gasteiger partial charge < -0.3 is 38.7 Å². The molecule has 4 heterocycles. The van der Waals surface area contributed by atoms with E-state index >= 15 is 4.79 Å². The number of allylic oxidation sites excluding steroid dienone is 1. The standard InChI is InChI=1S/C57H60O11/c1-34(2)43-18-15-36-16-19-44-40(27-36)13-7-8-24-57(3)54(67-55(43)62)53(51-48(68-57)22-21-46-47(31-59)50(56(63)66-52(46)51)41(23-25-58)32-64-33-60)65-49(61)30-42-29-39(17-20-45(42)44)38-14-9-12-37(28-38)26-35-10-5-4-6-11-35/h4-6,9-12,14,16,19,21-22,27-28,39,41-42,45,53-54,58-60H,13,15,17-18,20,23-26,29-33H2,1-3H3. The Morgan fingerprint density at radius 3 is 2.50 bits per heavy atom. The van der Waals surface area contributed by atoms with Crippen molar-refractivity contribution in [1.82, 2.24) is 0 Å². The first-order valence-corrected chi connectivity index (χ1v) is 24.0. The van der Waals surface area contributed by atoms with Crippen LogP contribution in [0.1, 0.15) is 140 Å². The fourth-order valence-corrected chi connectivity index (χ4v) is 11.3. The van der Waals surface area contributed by atoms with Crippen molar-refractivity contribution in [3.05, 3.63) is 157 Å². The lowest BCUT2D eigenvalue weighted by Crippen LogP contribution is -2.54. The summed E-state index contributed by atoms with van der Waals surface area (Å²) in [6, 6.07) is 29.2. The van der Waals surface area contributed by atoms with Gasteiger partial charge >= 0.3 is 17.6 Å². The minimum atomic E-state index is -1.35. The second-order valence-corrected chi connectivity index (χ2v) is 19.4. The first-order valence-electron chi connectivity index (χ1n) is 24.0. The zero-order valence-corrected chi connectivity index (χ0v) is 39.1. The first-order chi connectivity index (χ1) is 33.0. The van der Waals surface area contributed by atoms with E-state index in [0.717, 1.165) is 42.4 Å². The average Bonchev–Trinajstić information content (AvgIpc) is 3.32. The molecule has 354 valence electrons. The van der Waals surface area contributed by atoms with E-state index < -0.39 is 54.7 Å². The Kier molecular flexibility index (Phi) is 14.0. The molecule has 1 saturated carbocycles. The molecule has 4 aromatic carbocycles. The van der Waals surface area contributed by atoms with Crippen LogP contribution in [-0.2, 0) is 49.7 Å². The topological polar surface area (TPSA) is 162 Å². The summed E-state index contributed by atoms with van der Waals surface area (Å²) < 4.78 is 31.7. The van der Waals surface area contributed by atoms with Gasteiger partial charge in [-0.2, -0.15) is 0 Å². The Morgan fingerprint density at radius 1 is 0.897 bits per heavy atom. The molecule has 11 heteroatoms. The Morgan fingerprint density at radius 2 is 1.72 bits per heavy atom. The number of carbonyl (C=O) groups excluding carboxylic acids is 2. The number of carbonyl (C=O) groups is 2. The second kappa shape index (κ2) is 20.3. The van der Waals surface area contributed by atoms with Gasteiger partial charge in [0.2, 0.25) is 0 Å². The van der Waals surface area contributed by atoms with Crippen molar-refractivity contribution in [1.29, 1.82) is 0 Å². The SMILES string of the molecule is CC(C)=C1CCc2ccc3c(c2)CC#CCC2(C)Oc4ccc5c(CO)c(C(CCO)COCO)c(=O)oc5c4C(OC(=O)CC4CC(c5cccc(Cc6ccccc6)c5)CCC34)C2OC1=O. The van der Waals surface area contributed by atoms with E-state index in [4.69, 9.17) is 23.4 Å². The third-order valence-corrected chi connectivity index (χ3v) is 14.7. The molecule has 0 spiro atoms. The molecular weight excluding hydrogens is 861 g/mol. The van der Waals surface area contributed by atoms with E-state index in [1.54, 1.807) is 19.1 Å². The summed E-state index contributed by atoms with van der Waals surface area (Å²) >= 11 is 0. The van der Waals surface area contributed by atoms with E-state index in [0.29, 0.717) is 30.2 Å². The highest BCUT2D eigenvalue weighted by Gasteiger charge is 2.53. The van der Waals surface area contributed by atoms with Gasteiger partial charge in [0.15, 0.2) is 17.8 Å². The summed E-state index contributed by atoms with van der Waals surface area (Å²) in [6.07, 6.45) is 2.51. The van der Waals surface area contributed by atoms with E-state index in [9.17, 15) is 24.9 Å². The zero-order valence-electron chi connectivity index (χ0n) is 39.1. The van der Waals surface area contributed by atoms with Gasteiger partial charge in [0.1, 0.15) is 18.1 Å². The normalized spacial score (nSPS) is 24.0. The predicted molar refractivity (Wildman–Crippen MR) is 256 cm³/mol. The Bertz CT molecular complexity index is 2850. The number of hydrogen-bond donors (Lipinski definition) is 3.